The summed E-state index contributed by atoms with van der Waals surface area (Å²) in [5.41, 5.74) is 2.34. The monoisotopic (exact) mass is 426 g/mol. The quantitative estimate of drug-likeness (QED) is 0.557. The number of rotatable bonds is 4. The van der Waals surface area contributed by atoms with Gasteiger partial charge in [-0.2, -0.15) is 34.9 Å². The van der Waals surface area contributed by atoms with E-state index in [2.05, 4.69) is 15.0 Å². The smallest absolute Gasteiger partial charge is 0.434 e. The Bertz CT molecular complexity index is 1020. The van der Waals surface area contributed by atoms with E-state index in [1.54, 1.807) is 36.0 Å². The lowest BCUT2D eigenvalue weighted by Crippen LogP contribution is -2.04. The summed E-state index contributed by atoms with van der Waals surface area (Å²) in [7, 11) is 1.53. The van der Waals surface area contributed by atoms with Gasteiger partial charge in [-0.1, -0.05) is 35.9 Å². The van der Waals surface area contributed by atoms with Crippen molar-refractivity contribution in [1.29, 1.82) is 0 Å². The third kappa shape index (κ3) is 3.81. The molecule has 5 nitrogen and oxygen atoms in total. The highest BCUT2D eigenvalue weighted by Crippen LogP contribution is 2.34. The van der Waals surface area contributed by atoms with Gasteiger partial charge in [-0.25, -0.2) is 4.98 Å². The Hall–Kier alpha value is -2.26. The number of aromatic nitrogens is 4. The number of fused-ring (bicyclic) bond motifs is 1. The maximum Gasteiger partial charge on any atom is 0.434 e. The van der Waals surface area contributed by atoms with Crippen LogP contribution >= 0.6 is 23.4 Å². The first-order chi connectivity index (χ1) is 13.3. The lowest BCUT2D eigenvalue weighted by atomic mass is 10.1. The van der Waals surface area contributed by atoms with Crippen LogP contribution in [0.5, 0.6) is 6.01 Å². The lowest BCUT2D eigenvalue weighted by molar-refractivity contribution is -0.140. The highest BCUT2D eigenvalue weighted by atomic mass is 35.5. The number of nitrogens with zero attached hydrogens (tertiary/aromatic N) is 4. The molecular formula is C18H14ClF3N4OS. The number of aryl methyl sites for hydroxylation is 1. The Morgan fingerprint density at radius 1 is 1.14 bits per heavy atom. The number of ether oxygens (including phenoxy) is 1. The summed E-state index contributed by atoms with van der Waals surface area (Å²) in [6.07, 6.45) is -3.50. The van der Waals surface area contributed by atoms with Gasteiger partial charge in [0.1, 0.15) is 17.6 Å². The van der Waals surface area contributed by atoms with Crippen LogP contribution in [0.3, 0.4) is 0 Å². The molecule has 0 fully saturated rings. The van der Waals surface area contributed by atoms with Gasteiger partial charge < -0.3 is 9.30 Å². The average Bonchev–Trinajstić information content (AvgIpc) is 3.27. The molecule has 1 aliphatic rings. The molecule has 3 heterocycles. The molecule has 0 radical (unpaired) electrons. The Kier molecular flexibility index (Phi) is 4.96. The minimum atomic E-state index is -4.47. The van der Waals surface area contributed by atoms with Crippen LogP contribution in [0.25, 0.3) is 11.4 Å². The van der Waals surface area contributed by atoms with Gasteiger partial charge in [-0.15, -0.1) is 0 Å². The van der Waals surface area contributed by atoms with Crippen molar-refractivity contribution >= 4 is 23.4 Å². The van der Waals surface area contributed by atoms with E-state index in [0.29, 0.717) is 10.7 Å². The van der Waals surface area contributed by atoms with E-state index in [0.717, 1.165) is 34.5 Å². The second-order valence-electron chi connectivity index (χ2n) is 6.26. The molecule has 1 aromatic carbocycles. The fourth-order valence-electron chi connectivity index (χ4n) is 2.82. The summed E-state index contributed by atoms with van der Waals surface area (Å²) in [4.78, 5) is 12.2. The fourth-order valence-corrected chi connectivity index (χ4v) is 4.19. The number of alkyl halides is 3. The average molecular weight is 427 g/mol. The topological polar surface area (TPSA) is 52.8 Å². The van der Waals surface area contributed by atoms with Crippen molar-refractivity contribution in [3.63, 3.8) is 0 Å². The third-order valence-electron chi connectivity index (χ3n) is 4.25. The molecular weight excluding hydrogens is 413 g/mol. The summed E-state index contributed by atoms with van der Waals surface area (Å²) in [6, 6.07) is 7.15. The van der Waals surface area contributed by atoms with E-state index < -0.39 is 11.9 Å². The van der Waals surface area contributed by atoms with Gasteiger partial charge in [0.2, 0.25) is 0 Å². The van der Waals surface area contributed by atoms with Crippen LogP contribution in [0.1, 0.15) is 22.5 Å². The predicted molar refractivity (Wildman–Crippen MR) is 100 cm³/mol. The zero-order valence-corrected chi connectivity index (χ0v) is 16.2. The van der Waals surface area contributed by atoms with Crippen molar-refractivity contribution in [1.82, 2.24) is 19.5 Å². The normalized spacial score (nSPS) is 13.6. The maximum atomic E-state index is 12.8. The second kappa shape index (κ2) is 7.29. The summed E-state index contributed by atoms with van der Waals surface area (Å²) >= 11 is 7.88. The van der Waals surface area contributed by atoms with Crippen LogP contribution in [0, 0.1) is 0 Å². The van der Waals surface area contributed by atoms with Crippen molar-refractivity contribution in [2.24, 2.45) is 7.05 Å². The van der Waals surface area contributed by atoms with Gasteiger partial charge in [0.25, 0.3) is 0 Å². The van der Waals surface area contributed by atoms with E-state index in [9.17, 15) is 13.2 Å². The standard InChI is InChI=1S/C18H14ClF3N4OS/c1-26-6-14(18(20,21)22)24-16(26)11-4-2-10(3-5-11)7-27-17-23-13-9-28-8-12(13)15(19)25-17/h2-6H,7-9H2,1H3. The molecule has 0 saturated heterocycles. The minimum Gasteiger partial charge on any atom is -0.459 e. The molecule has 0 N–H and O–H groups in total. The molecule has 3 aromatic rings. The molecule has 0 amide bonds. The fraction of sp³-hybridized carbons (Fsp3) is 0.278. The summed E-state index contributed by atoms with van der Waals surface area (Å²) in [6.45, 7) is 0.219. The van der Waals surface area contributed by atoms with Crippen LogP contribution in [0.15, 0.2) is 30.5 Å². The zero-order valence-electron chi connectivity index (χ0n) is 14.6. The molecule has 1 aliphatic heterocycles. The summed E-state index contributed by atoms with van der Waals surface area (Å²) in [5, 5.41) is 0.413. The van der Waals surface area contributed by atoms with Gasteiger partial charge in [0, 0.05) is 35.9 Å². The Morgan fingerprint density at radius 3 is 2.57 bits per heavy atom. The van der Waals surface area contributed by atoms with Crippen molar-refractivity contribution in [3.8, 4) is 17.4 Å². The first-order valence-corrected chi connectivity index (χ1v) is 9.80. The van der Waals surface area contributed by atoms with E-state index in [4.69, 9.17) is 16.3 Å². The van der Waals surface area contributed by atoms with Gasteiger partial charge >= 0.3 is 12.2 Å². The van der Waals surface area contributed by atoms with Crippen molar-refractivity contribution in [3.05, 3.63) is 58.1 Å². The van der Waals surface area contributed by atoms with E-state index >= 15 is 0 Å². The zero-order chi connectivity index (χ0) is 19.9. The van der Waals surface area contributed by atoms with E-state index in [-0.39, 0.29) is 18.4 Å². The molecule has 0 bridgehead atoms. The molecule has 0 spiro atoms. The molecule has 28 heavy (non-hydrogen) atoms. The molecule has 10 heteroatoms. The van der Waals surface area contributed by atoms with Crippen LogP contribution in [-0.4, -0.2) is 19.5 Å². The number of halogens is 4. The molecule has 146 valence electrons. The maximum absolute atomic E-state index is 12.8. The van der Waals surface area contributed by atoms with Crippen LogP contribution < -0.4 is 4.74 Å². The number of benzene rings is 1. The Balaban J connectivity index is 1.47. The first kappa shape index (κ1) is 19.1. The molecule has 0 atom stereocenters. The SMILES string of the molecule is Cn1cc(C(F)(F)F)nc1-c1ccc(COc2nc(Cl)c3c(n2)CSC3)cc1. The van der Waals surface area contributed by atoms with Crippen LogP contribution in [0.2, 0.25) is 5.15 Å². The van der Waals surface area contributed by atoms with Crippen molar-refractivity contribution in [2.75, 3.05) is 0 Å². The van der Waals surface area contributed by atoms with E-state index in [1.165, 1.54) is 11.6 Å². The highest BCUT2D eigenvalue weighted by molar-refractivity contribution is 7.98. The van der Waals surface area contributed by atoms with E-state index in [1.807, 2.05) is 0 Å². The highest BCUT2D eigenvalue weighted by Gasteiger charge is 2.34. The number of hydrogen-bond acceptors (Lipinski definition) is 5. The van der Waals surface area contributed by atoms with Crippen LogP contribution in [-0.2, 0) is 31.3 Å². The van der Waals surface area contributed by atoms with Crippen molar-refractivity contribution in [2.45, 2.75) is 24.3 Å². The molecule has 2 aromatic heterocycles. The molecule has 0 unspecified atom stereocenters. The second-order valence-corrected chi connectivity index (χ2v) is 7.60. The number of thioether (sulfide) groups is 1. The lowest BCUT2D eigenvalue weighted by Gasteiger charge is -2.08. The number of hydrogen-bond donors (Lipinski definition) is 0. The summed E-state index contributed by atoms with van der Waals surface area (Å²) in [5.74, 6) is 1.83. The Morgan fingerprint density at radius 2 is 1.89 bits per heavy atom. The minimum absolute atomic E-state index is 0.217. The third-order valence-corrected chi connectivity index (χ3v) is 5.54. The molecule has 0 aliphatic carbocycles. The number of imidazole rings is 1. The van der Waals surface area contributed by atoms with Gasteiger partial charge in [0.15, 0.2) is 5.69 Å². The van der Waals surface area contributed by atoms with Gasteiger partial charge in [-0.3, -0.25) is 0 Å². The van der Waals surface area contributed by atoms with Gasteiger partial charge in [-0.05, 0) is 5.56 Å². The Labute approximate surface area is 167 Å². The largest absolute Gasteiger partial charge is 0.459 e. The predicted octanol–water partition coefficient (Wildman–Crippen LogP) is 4.88. The first-order valence-electron chi connectivity index (χ1n) is 8.27. The molecule has 0 saturated carbocycles. The van der Waals surface area contributed by atoms with Crippen molar-refractivity contribution < 1.29 is 17.9 Å². The summed E-state index contributed by atoms with van der Waals surface area (Å²) < 4.78 is 45.4. The molecule has 4 rings (SSSR count). The van der Waals surface area contributed by atoms with Crippen LogP contribution in [0.4, 0.5) is 13.2 Å². The van der Waals surface area contributed by atoms with Gasteiger partial charge in [0.05, 0.1) is 5.69 Å².